The lowest BCUT2D eigenvalue weighted by Gasteiger charge is -2.33. The Bertz CT molecular complexity index is 808. The number of amides is 1. The average Bonchev–Trinajstić information content (AvgIpc) is 3.31. The maximum absolute atomic E-state index is 13.3. The van der Waals surface area contributed by atoms with E-state index in [1.54, 1.807) is 4.90 Å². The zero-order chi connectivity index (χ0) is 18.3. The van der Waals surface area contributed by atoms with E-state index < -0.39 is 11.9 Å². The molecule has 1 amide bonds. The molecule has 0 aliphatic carbocycles. The van der Waals surface area contributed by atoms with Crippen molar-refractivity contribution in [1.82, 2.24) is 24.5 Å². The molecular formula is C16H18F3N5O2. The molecule has 0 spiro atoms. The van der Waals surface area contributed by atoms with Gasteiger partial charge in [0.25, 0.3) is 11.7 Å². The van der Waals surface area contributed by atoms with Crippen molar-refractivity contribution in [1.29, 1.82) is 0 Å². The van der Waals surface area contributed by atoms with E-state index in [1.807, 2.05) is 0 Å². The number of carbonyl (C=O) groups is 1. The number of hydrogen-bond acceptors (Lipinski definition) is 5. The highest BCUT2D eigenvalue weighted by Crippen LogP contribution is 2.33. The fraction of sp³-hybridized carbons (Fsp3) is 0.625. The van der Waals surface area contributed by atoms with Gasteiger partial charge in [-0.1, -0.05) is 0 Å². The molecule has 0 bridgehead atoms. The van der Waals surface area contributed by atoms with Crippen LogP contribution in [0, 0.1) is 0 Å². The Morgan fingerprint density at radius 3 is 2.65 bits per heavy atom. The Morgan fingerprint density at radius 2 is 2.00 bits per heavy atom. The molecule has 10 heteroatoms. The highest BCUT2D eigenvalue weighted by molar-refractivity contribution is 5.81. The van der Waals surface area contributed by atoms with Crippen LogP contribution in [0.3, 0.4) is 0 Å². The number of alkyl halides is 3. The standard InChI is InChI=1S/C16H18F3N5O2/c17-16(18,19)13-8-11(22-15-20-9-21-24(13)15)10-3-5-23(6-4-10)14(25)12-2-1-7-26-12/h8-10,12H,1-7H2. The first-order chi connectivity index (χ1) is 12.4. The third kappa shape index (κ3) is 3.13. The number of halogens is 3. The summed E-state index contributed by atoms with van der Waals surface area (Å²) in [5, 5.41) is 3.61. The first kappa shape index (κ1) is 17.2. The Balaban J connectivity index is 1.51. The molecule has 2 saturated heterocycles. The molecule has 2 aliphatic heterocycles. The quantitative estimate of drug-likeness (QED) is 0.810. The Hall–Kier alpha value is -2.23. The van der Waals surface area contributed by atoms with Crippen LogP contribution in [0.5, 0.6) is 0 Å². The number of fused-ring (bicyclic) bond motifs is 1. The molecule has 0 N–H and O–H groups in total. The monoisotopic (exact) mass is 369 g/mol. The molecule has 2 fully saturated rings. The zero-order valence-electron chi connectivity index (χ0n) is 13.9. The van der Waals surface area contributed by atoms with E-state index in [9.17, 15) is 18.0 Å². The molecule has 0 saturated carbocycles. The summed E-state index contributed by atoms with van der Waals surface area (Å²) in [7, 11) is 0. The van der Waals surface area contributed by atoms with Crippen molar-refractivity contribution in [3.63, 3.8) is 0 Å². The van der Waals surface area contributed by atoms with Gasteiger partial charge in [0, 0.05) is 31.3 Å². The summed E-state index contributed by atoms with van der Waals surface area (Å²) in [6, 6.07) is 1.05. The summed E-state index contributed by atoms with van der Waals surface area (Å²) < 4.78 is 46.0. The van der Waals surface area contributed by atoms with E-state index in [-0.39, 0.29) is 23.7 Å². The molecule has 1 atom stereocenters. The molecule has 1 unspecified atom stereocenters. The van der Waals surface area contributed by atoms with E-state index in [1.165, 1.54) is 0 Å². The van der Waals surface area contributed by atoms with Crippen molar-refractivity contribution in [2.24, 2.45) is 0 Å². The minimum Gasteiger partial charge on any atom is -0.368 e. The highest BCUT2D eigenvalue weighted by atomic mass is 19.4. The molecular weight excluding hydrogens is 351 g/mol. The topological polar surface area (TPSA) is 72.6 Å². The lowest BCUT2D eigenvalue weighted by atomic mass is 9.92. The maximum atomic E-state index is 13.3. The van der Waals surface area contributed by atoms with Crippen molar-refractivity contribution in [2.75, 3.05) is 19.7 Å². The van der Waals surface area contributed by atoms with Gasteiger partial charge in [-0.25, -0.2) is 4.98 Å². The van der Waals surface area contributed by atoms with Crippen LogP contribution in [-0.4, -0.2) is 56.2 Å². The summed E-state index contributed by atoms with van der Waals surface area (Å²) in [6.45, 7) is 1.59. The molecule has 4 heterocycles. The zero-order valence-corrected chi connectivity index (χ0v) is 13.9. The van der Waals surface area contributed by atoms with E-state index in [0.29, 0.717) is 42.7 Å². The van der Waals surface area contributed by atoms with Gasteiger partial charge in [-0.05, 0) is 31.7 Å². The Labute approximate surface area is 147 Å². The van der Waals surface area contributed by atoms with Crippen LogP contribution in [0.15, 0.2) is 12.4 Å². The van der Waals surface area contributed by atoms with E-state index in [2.05, 4.69) is 15.1 Å². The van der Waals surface area contributed by atoms with Crippen molar-refractivity contribution in [2.45, 2.75) is 43.9 Å². The number of hydrogen-bond donors (Lipinski definition) is 0. The van der Waals surface area contributed by atoms with Gasteiger partial charge >= 0.3 is 6.18 Å². The number of piperidine rings is 1. The van der Waals surface area contributed by atoms with Gasteiger partial charge in [0.05, 0.1) is 0 Å². The van der Waals surface area contributed by atoms with Gasteiger partial charge in [-0.2, -0.15) is 27.8 Å². The second-order valence-corrected chi connectivity index (χ2v) is 6.64. The number of rotatable bonds is 2. The van der Waals surface area contributed by atoms with Crippen molar-refractivity contribution in [3.05, 3.63) is 23.8 Å². The Morgan fingerprint density at radius 1 is 1.23 bits per heavy atom. The SMILES string of the molecule is O=C(C1CCCO1)N1CCC(c2cc(C(F)(F)F)n3ncnc3n2)CC1. The molecule has 140 valence electrons. The number of ether oxygens (including phenoxy) is 1. The number of likely N-dealkylation sites (tertiary alicyclic amines) is 1. The average molecular weight is 369 g/mol. The summed E-state index contributed by atoms with van der Waals surface area (Å²) in [5.41, 5.74) is -0.532. The summed E-state index contributed by atoms with van der Waals surface area (Å²) in [4.78, 5) is 22.2. The lowest BCUT2D eigenvalue weighted by Crippen LogP contribution is -2.43. The van der Waals surface area contributed by atoms with Gasteiger partial charge in [0.15, 0.2) is 5.69 Å². The third-order valence-corrected chi connectivity index (χ3v) is 4.99. The predicted octanol–water partition coefficient (Wildman–Crippen LogP) is 2.03. The fourth-order valence-corrected chi connectivity index (χ4v) is 3.61. The van der Waals surface area contributed by atoms with Gasteiger partial charge in [-0.15, -0.1) is 0 Å². The summed E-state index contributed by atoms with van der Waals surface area (Å²) >= 11 is 0. The van der Waals surface area contributed by atoms with Crippen LogP contribution < -0.4 is 0 Å². The van der Waals surface area contributed by atoms with E-state index >= 15 is 0 Å². The largest absolute Gasteiger partial charge is 0.433 e. The summed E-state index contributed by atoms with van der Waals surface area (Å²) in [6.07, 6.45) is -1.10. The normalized spacial score (nSPS) is 22.3. The fourth-order valence-electron chi connectivity index (χ4n) is 3.61. The molecule has 7 nitrogen and oxygen atoms in total. The molecule has 2 aromatic heterocycles. The van der Waals surface area contributed by atoms with Crippen LogP contribution in [0.25, 0.3) is 5.78 Å². The smallest absolute Gasteiger partial charge is 0.368 e. The van der Waals surface area contributed by atoms with Crippen LogP contribution in [0.4, 0.5) is 13.2 Å². The molecule has 26 heavy (non-hydrogen) atoms. The summed E-state index contributed by atoms with van der Waals surface area (Å²) in [5.74, 6) is -0.225. The van der Waals surface area contributed by atoms with Crippen LogP contribution >= 0.6 is 0 Å². The minimum absolute atomic E-state index is 0.0159. The Kier molecular flexibility index (Phi) is 4.29. The lowest BCUT2D eigenvalue weighted by molar-refractivity contribution is -0.142. The predicted molar refractivity (Wildman–Crippen MR) is 83.3 cm³/mol. The minimum atomic E-state index is -4.54. The van der Waals surface area contributed by atoms with Crippen LogP contribution in [0.2, 0.25) is 0 Å². The van der Waals surface area contributed by atoms with Gasteiger partial charge in [0.2, 0.25) is 0 Å². The molecule has 0 radical (unpaired) electrons. The van der Waals surface area contributed by atoms with Crippen LogP contribution in [-0.2, 0) is 15.7 Å². The third-order valence-electron chi connectivity index (χ3n) is 4.99. The van der Waals surface area contributed by atoms with Gasteiger partial charge in [-0.3, -0.25) is 4.79 Å². The molecule has 0 aromatic carbocycles. The number of carbonyl (C=O) groups excluding carboxylic acids is 1. The second kappa shape index (κ2) is 6.49. The van der Waals surface area contributed by atoms with Crippen molar-refractivity contribution < 1.29 is 22.7 Å². The highest BCUT2D eigenvalue weighted by Gasteiger charge is 2.37. The molecule has 4 rings (SSSR count). The first-order valence-electron chi connectivity index (χ1n) is 8.62. The second-order valence-electron chi connectivity index (χ2n) is 6.64. The number of nitrogens with zero attached hydrogens (tertiary/aromatic N) is 5. The van der Waals surface area contributed by atoms with E-state index in [0.717, 1.165) is 25.2 Å². The molecule has 2 aromatic rings. The van der Waals surface area contributed by atoms with Gasteiger partial charge in [0.1, 0.15) is 12.4 Å². The van der Waals surface area contributed by atoms with Crippen molar-refractivity contribution in [3.8, 4) is 0 Å². The van der Waals surface area contributed by atoms with Crippen LogP contribution in [0.1, 0.15) is 43.0 Å². The number of aromatic nitrogens is 4. The van der Waals surface area contributed by atoms with E-state index in [4.69, 9.17) is 4.74 Å². The van der Waals surface area contributed by atoms with Gasteiger partial charge < -0.3 is 9.64 Å². The molecule has 2 aliphatic rings. The van der Waals surface area contributed by atoms with Crippen molar-refractivity contribution >= 4 is 11.7 Å². The first-order valence-corrected chi connectivity index (χ1v) is 8.62. The maximum Gasteiger partial charge on any atom is 0.433 e.